The van der Waals surface area contributed by atoms with E-state index >= 15 is 0 Å². The predicted molar refractivity (Wildman–Crippen MR) is 98.9 cm³/mol. The van der Waals surface area contributed by atoms with Gasteiger partial charge in [0.2, 0.25) is 5.91 Å². The Morgan fingerprint density at radius 1 is 1.04 bits per heavy atom. The summed E-state index contributed by atoms with van der Waals surface area (Å²) in [5, 5.41) is 5.74. The van der Waals surface area contributed by atoms with Crippen molar-refractivity contribution in [3.8, 4) is 5.75 Å². The molecular weight excluding hydrogens is 318 g/mol. The zero-order chi connectivity index (χ0) is 18.2. The molecule has 4 N–H and O–H groups in total. The molecular formula is C19H23N3O3. The number of nitrogens with one attached hydrogen (secondary N) is 2. The van der Waals surface area contributed by atoms with Crippen LogP contribution in [-0.2, 0) is 4.79 Å². The molecule has 2 amide bonds. The van der Waals surface area contributed by atoms with Crippen molar-refractivity contribution in [2.75, 3.05) is 23.8 Å². The van der Waals surface area contributed by atoms with Crippen molar-refractivity contribution in [2.45, 2.75) is 13.8 Å². The molecule has 0 saturated carbocycles. The first-order valence-corrected chi connectivity index (χ1v) is 8.11. The Balaban J connectivity index is 1.98. The molecule has 0 aliphatic carbocycles. The van der Waals surface area contributed by atoms with Gasteiger partial charge < -0.3 is 21.1 Å². The minimum absolute atomic E-state index is 0.00279. The quantitative estimate of drug-likeness (QED) is 0.688. The summed E-state index contributed by atoms with van der Waals surface area (Å²) in [5.74, 6) is 0.216. The lowest BCUT2D eigenvalue weighted by Gasteiger charge is -2.14. The van der Waals surface area contributed by atoms with Gasteiger partial charge in [0.25, 0.3) is 5.91 Å². The highest BCUT2D eigenvalue weighted by atomic mass is 16.5. The number of hydrogen-bond acceptors (Lipinski definition) is 4. The van der Waals surface area contributed by atoms with E-state index in [2.05, 4.69) is 24.5 Å². The third-order valence-electron chi connectivity index (χ3n) is 3.37. The van der Waals surface area contributed by atoms with Gasteiger partial charge in [-0.2, -0.15) is 0 Å². The van der Waals surface area contributed by atoms with Crippen LogP contribution in [0, 0.1) is 5.92 Å². The van der Waals surface area contributed by atoms with Crippen LogP contribution in [0.5, 0.6) is 5.75 Å². The van der Waals surface area contributed by atoms with Crippen molar-refractivity contribution < 1.29 is 14.3 Å². The molecule has 0 aliphatic rings. The van der Waals surface area contributed by atoms with E-state index in [1.807, 2.05) is 18.2 Å². The van der Waals surface area contributed by atoms with Crippen LogP contribution in [0.15, 0.2) is 48.5 Å². The molecule has 2 aromatic carbocycles. The van der Waals surface area contributed by atoms with Gasteiger partial charge in [-0.05, 0) is 30.2 Å². The van der Waals surface area contributed by atoms with Crippen LogP contribution in [-0.4, -0.2) is 25.0 Å². The minimum atomic E-state index is -0.545. The lowest BCUT2D eigenvalue weighted by Crippen LogP contribution is -2.23. The van der Waals surface area contributed by atoms with E-state index in [-0.39, 0.29) is 12.5 Å². The number of anilines is 2. The van der Waals surface area contributed by atoms with Crippen LogP contribution in [0.25, 0.3) is 0 Å². The molecule has 0 fully saturated rings. The number of carbonyl (C=O) groups is 2. The minimum Gasteiger partial charge on any atom is -0.491 e. The van der Waals surface area contributed by atoms with E-state index in [9.17, 15) is 9.59 Å². The van der Waals surface area contributed by atoms with Gasteiger partial charge in [0.05, 0.1) is 24.4 Å². The molecule has 0 aromatic heterocycles. The standard InChI is InChI=1S/C19H23N3O3/c1-13(2)12-25-17-10-6-5-9-16(17)22-18(23)11-21-15-8-4-3-7-14(15)19(20)24/h3-10,13,21H,11-12H2,1-2H3,(H2,20,24)(H,22,23). The van der Waals surface area contributed by atoms with E-state index in [0.29, 0.717) is 35.2 Å². The summed E-state index contributed by atoms with van der Waals surface area (Å²) in [6.07, 6.45) is 0. The smallest absolute Gasteiger partial charge is 0.250 e. The van der Waals surface area contributed by atoms with Gasteiger partial charge in [-0.1, -0.05) is 38.1 Å². The normalized spacial score (nSPS) is 10.4. The molecule has 0 radical (unpaired) electrons. The van der Waals surface area contributed by atoms with Crippen molar-refractivity contribution >= 4 is 23.2 Å². The monoisotopic (exact) mass is 341 g/mol. The van der Waals surface area contributed by atoms with E-state index in [1.165, 1.54) is 0 Å². The lowest BCUT2D eigenvalue weighted by molar-refractivity contribution is -0.114. The molecule has 0 saturated heterocycles. The molecule has 6 nitrogen and oxygen atoms in total. The highest BCUT2D eigenvalue weighted by Crippen LogP contribution is 2.24. The summed E-state index contributed by atoms with van der Waals surface area (Å²) >= 11 is 0. The van der Waals surface area contributed by atoms with E-state index in [4.69, 9.17) is 10.5 Å². The third kappa shape index (κ3) is 5.53. The lowest BCUT2D eigenvalue weighted by atomic mass is 10.1. The van der Waals surface area contributed by atoms with Gasteiger partial charge in [0, 0.05) is 5.69 Å². The van der Waals surface area contributed by atoms with Gasteiger partial charge in [0.15, 0.2) is 0 Å². The van der Waals surface area contributed by atoms with E-state index in [1.54, 1.807) is 30.3 Å². The maximum atomic E-state index is 12.2. The zero-order valence-electron chi connectivity index (χ0n) is 14.4. The summed E-state index contributed by atoms with van der Waals surface area (Å²) in [7, 11) is 0. The zero-order valence-corrected chi connectivity index (χ0v) is 14.4. The number of rotatable bonds is 8. The van der Waals surface area contributed by atoms with Gasteiger partial charge in [0.1, 0.15) is 5.75 Å². The first kappa shape index (κ1) is 18.3. The number of amides is 2. The Morgan fingerprint density at radius 3 is 2.36 bits per heavy atom. The molecule has 2 rings (SSSR count). The maximum absolute atomic E-state index is 12.2. The fourth-order valence-corrected chi connectivity index (χ4v) is 2.17. The Hall–Kier alpha value is -3.02. The number of hydrogen-bond donors (Lipinski definition) is 3. The molecule has 25 heavy (non-hydrogen) atoms. The van der Waals surface area contributed by atoms with Crippen molar-refractivity contribution in [1.82, 2.24) is 0 Å². The van der Waals surface area contributed by atoms with Crippen molar-refractivity contribution in [2.24, 2.45) is 11.7 Å². The molecule has 0 atom stereocenters. The van der Waals surface area contributed by atoms with E-state index < -0.39 is 5.91 Å². The van der Waals surface area contributed by atoms with Crippen molar-refractivity contribution in [3.05, 3.63) is 54.1 Å². The number of nitrogens with two attached hydrogens (primary N) is 1. The van der Waals surface area contributed by atoms with Gasteiger partial charge in [-0.25, -0.2) is 0 Å². The number of benzene rings is 2. The SMILES string of the molecule is CC(C)COc1ccccc1NC(=O)CNc1ccccc1C(N)=O. The number of primary amides is 1. The molecule has 0 bridgehead atoms. The summed E-state index contributed by atoms with van der Waals surface area (Å²) in [6.45, 7) is 4.68. The Morgan fingerprint density at radius 2 is 1.68 bits per heavy atom. The highest BCUT2D eigenvalue weighted by Gasteiger charge is 2.11. The molecule has 0 aliphatic heterocycles. The van der Waals surface area contributed by atoms with Crippen LogP contribution in [0.2, 0.25) is 0 Å². The van der Waals surface area contributed by atoms with Gasteiger partial charge in [-0.3, -0.25) is 9.59 Å². The third-order valence-corrected chi connectivity index (χ3v) is 3.37. The fourth-order valence-electron chi connectivity index (χ4n) is 2.17. The first-order valence-electron chi connectivity index (χ1n) is 8.11. The van der Waals surface area contributed by atoms with Crippen LogP contribution in [0.4, 0.5) is 11.4 Å². The predicted octanol–water partition coefficient (Wildman–Crippen LogP) is 2.87. The topological polar surface area (TPSA) is 93.4 Å². The fraction of sp³-hybridized carbons (Fsp3) is 0.263. The molecule has 0 unspecified atom stereocenters. The Bertz CT molecular complexity index is 744. The van der Waals surface area contributed by atoms with Crippen LogP contribution >= 0.6 is 0 Å². The van der Waals surface area contributed by atoms with E-state index in [0.717, 1.165) is 0 Å². The van der Waals surface area contributed by atoms with Gasteiger partial charge >= 0.3 is 0 Å². The first-order chi connectivity index (χ1) is 12.0. The van der Waals surface area contributed by atoms with Crippen LogP contribution in [0.3, 0.4) is 0 Å². The van der Waals surface area contributed by atoms with Gasteiger partial charge in [-0.15, -0.1) is 0 Å². The van der Waals surface area contributed by atoms with Crippen molar-refractivity contribution in [3.63, 3.8) is 0 Å². The highest BCUT2D eigenvalue weighted by molar-refractivity contribution is 6.00. The number of carbonyl (C=O) groups excluding carboxylic acids is 2. The summed E-state index contributed by atoms with van der Waals surface area (Å²) in [5.41, 5.74) is 6.80. The second-order valence-electron chi connectivity index (χ2n) is 6.01. The maximum Gasteiger partial charge on any atom is 0.250 e. The van der Waals surface area contributed by atoms with Crippen molar-refractivity contribution in [1.29, 1.82) is 0 Å². The summed E-state index contributed by atoms with van der Waals surface area (Å²) < 4.78 is 5.72. The molecule has 6 heteroatoms. The second kappa shape index (κ2) is 8.73. The summed E-state index contributed by atoms with van der Waals surface area (Å²) in [6, 6.07) is 14.1. The number of ether oxygens (including phenoxy) is 1. The second-order valence-corrected chi connectivity index (χ2v) is 6.01. The molecule has 0 spiro atoms. The number of para-hydroxylation sites is 3. The Labute approximate surface area is 147 Å². The summed E-state index contributed by atoms with van der Waals surface area (Å²) in [4.78, 5) is 23.6. The molecule has 0 heterocycles. The largest absolute Gasteiger partial charge is 0.491 e. The van der Waals surface area contributed by atoms with Crippen LogP contribution < -0.4 is 21.1 Å². The Kier molecular flexibility index (Phi) is 6.39. The van der Waals surface area contributed by atoms with Crippen LogP contribution in [0.1, 0.15) is 24.2 Å². The molecule has 132 valence electrons. The average Bonchev–Trinajstić information content (AvgIpc) is 2.59. The molecule has 2 aromatic rings. The average molecular weight is 341 g/mol.